The van der Waals surface area contributed by atoms with Crippen LogP contribution in [0.3, 0.4) is 0 Å². The van der Waals surface area contributed by atoms with Crippen LogP contribution in [0, 0.1) is 0 Å². The SMILES string of the molecule is CCC(C)N(CCOC)CCc1nc(CCl)cs1. The van der Waals surface area contributed by atoms with E-state index in [-0.39, 0.29) is 0 Å². The van der Waals surface area contributed by atoms with Crippen LogP contribution in [0.5, 0.6) is 0 Å². The second-order valence-electron chi connectivity index (χ2n) is 4.40. The van der Waals surface area contributed by atoms with Crippen molar-refractivity contribution in [3.05, 3.63) is 16.1 Å². The Bertz CT molecular complexity index is 333. The molecule has 0 bridgehead atoms. The second kappa shape index (κ2) is 8.86. The first-order valence-electron chi connectivity index (χ1n) is 6.43. The van der Waals surface area contributed by atoms with Gasteiger partial charge in [0.1, 0.15) is 0 Å². The molecule has 1 aromatic rings. The van der Waals surface area contributed by atoms with Gasteiger partial charge in [-0.1, -0.05) is 6.92 Å². The highest BCUT2D eigenvalue weighted by Crippen LogP contribution is 2.13. The molecule has 0 aliphatic carbocycles. The van der Waals surface area contributed by atoms with Crippen molar-refractivity contribution in [3.8, 4) is 0 Å². The van der Waals surface area contributed by atoms with Crippen LogP contribution < -0.4 is 0 Å². The first-order valence-corrected chi connectivity index (χ1v) is 7.84. The molecule has 1 rings (SSSR count). The van der Waals surface area contributed by atoms with Gasteiger partial charge < -0.3 is 4.74 Å². The summed E-state index contributed by atoms with van der Waals surface area (Å²) in [6.45, 7) is 7.29. The minimum Gasteiger partial charge on any atom is -0.383 e. The van der Waals surface area contributed by atoms with Crippen molar-refractivity contribution >= 4 is 22.9 Å². The van der Waals surface area contributed by atoms with Crippen molar-refractivity contribution < 1.29 is 4.74 Å². The van der Waals surface area contributed by atoms with E-state index in [0.717, 1.165) is 38.2 Å². The van der Waals surface area contributed by atoms with Crippen molar-refractivity contribution in [2.24, 2.45) is 0 Å². The molecule has 0 aromatic carbocycles. The number of hydrogen-bond acceptors (Lipinski definition) is 4. The molecule has 0 amide bonds. The van der Waals surface area contributed by atoms with Crippen molar-refractivity contribution in [1.82, 2.24) is 9.88 Å². The van der Waals surface area contributed by atoms with Gasteiger partial charge in [0.2, 0.25) is 0 Å². The number of thiazole rings is 1. The van der Waals surface area contributed by atoms with Crippen LogP contribution in [0.25, 0.3) is 0 Å². The number of alkyl halides is 1. The average Bonchev–Trinajstić information content (AvgIpc) is 2.86. The largest absolute Gasteiger partial charge is 0.383 e. The fourth-order valence-electron chi connectivity index (χ4n) is 1.78. The first kappa shape index (κ1) is 15.9. The van der Waals surface area contributed by atoms with E-state index in [1.54, 1.807) is 18.4 Å². The Balaban J connectivity index is 2.44. The van der Waals surface area contributed by atoms with Crippen LogP contribution in [0.4, 0.5) is 0 Å². The van der Waals surface area contributed by atoms with Gasteiger partial charge in [0.25, 0.3) is 0 Å². The average molecular weight is 291 g/mol. The molecule has 1 atom stereocenters. The van der Waals surface area contributed by atoms with E-state index in [4.69, 9.17) is 16.3 Å². The lowest BCUT2D eigenvalue weighted by Crippen LogP contribution is -2.36. The van der Waals surface area contributed by atoms with Crippen LogP contribution in [-0.2, 0) is 17.0 Å². The number of aromatic nitrogens is 1. The summed E-state index contributed by atoms with van der Waals surface area (Å²) in [5.74, 6) is 0.509. The summed E-state index contributed by atoms with van der Waals surface area (Å²) in [7, 11) is 1.75. The molecule has 0 N–H and O–H groups in total. The Morgan fingerprint density at radius 3 is 2.83 bits per heavy atom. The fourth-order valence-corrected chi connectivity index (χ4v) is 2.80. The summed E-state index contributed by atoms with van der Waals surface area (Å²) in [5, 5.41) is 3.22. The Morgan fingerprint density at radius 2 is 2.28 bits per heavy atom. The van der Waals surface area contributed by atoms with Crippen molar-refractivity contribution in [2.45, 2.75) is 38.6 Å². The van der Waals surface area contributed by atoms with E-state index in [1.165, 1.54) is 5.01 Å². The number of methoxy groups -OCH3 is 1. The highest BCUT2D eigenvalue weighted by Gasteiger charge is 2.12. The summed E-state index contributed by atoms with van der Waals surface area (Å²) in [6.07, 6.45) is 2.16. The first-order chi connectivity index (χ1) is 8.71. The van der Waals surface area contributed by atoms with Gasteiger partial charge in [-0.2, -0.15) is 0 Å². The molecule has 0 saturated carbocycles. The van der Waals surface area contributed by atoms with E-state index in [1.807, 2.05) is 5.38 Å². The van der Waals surface area contributed by atoms with E-state index in [2.05, 4.69) is 23.7 Å². The van der Waals surface area contributed by atoms with E-state index < -0.39 is 0 Å². The molecule has 0 aliphatic heterocycles. The molecule has 1 unspecified atom stereocenters. The van der Waals surface area contributed by atoms with Gasteiger partial charge in [-0.05, 0) is 13.3 Å². The summed E-state index contributed by atoms with van der Waals surface area (Å²) in [5.41, 5.74) is 0.989. The Morgan fingerprint density at radius 1 is 1.50 bits per heavy atom. The van der Waals surface area contributed by atoms with Crippen LogP contribution in [0.1, 0.15) is 31.0 Å². The van der Waals surface area contributed by atoms with Crippen molar-refractivity contribution in [1.29, 1.82) is 0 Å². The van der Waals surface area contributed by atoms with Gasteiger partial charge >= 0.3 is 0 Å². The van der Waals surface area contributed by atoms with E-state index in [9.17, 15) is 0 Å². The molecular weight excluding hydrogens is 268 g/mol. The minimum absolute atomic E-state index is 0.509. The third-order valence-corrected chi connectivity index (χ3v) is 4.38. The topological polar surface area (TPSA) is 25.4 Å². The molecule has 1 aromatic heterocycles. The Labute approximate surface area is 119 Å². The van der Waals surface area contributed by atoms with E-state index >= 15 is 0 Å². The van der Waals surface area contributed by atoms with Gasteiger partial charge in [0, 0.05) is 38.0 Å². The van der Waals surface area contributed by atoms with Crippen LogP contribution in [0.2, 0.25) is 0 Å². The van der Waals surface area contributed by atoms with Crippen molar-refractivity contribution in [2.75, 3.05) is 26.8 Å². The second-order valence-corrected chi connectivity index (χ2v) is 5.61. The lowest BCUT2D eigenvalue weighted by Gasteiger charge is -2.27. The molecule has 0 aliphatic rings. The monoisotopic (exact) mass is 290 g/mol. The van der Waals surface area contributed by atoms with Crippen LogP contribution >= 0.6 is 22.9 Å². The summed E-state index contributed by atoms with van der Waals surface area (Å²) in [4.78, 5) is 6.96. The van der Waals surface area contributed by atoms with Gasteiger partial charge in [-0.25, -0.2) is 4.98 Å². The molecule has 18 heavy (non-hydrogen) atoms. The molecule has 0 saturated heterocycles. The maximum atomic E-state index is 5.76. The summed E-state index contributed by atoms with van der Waals surface area (Å²) < 4.78 is 5.17. The van der Waals surface area contributed by atoms with Gasteiger partial charge in [-0.15, -0.1) is 22.9 Å². The number of halogens is 1. The van der Waals surface area contributed by atoms with Gasteiger partial charge in [-0.3, -0.25) is 4.90 Å². The lowest BCUT2D eigenvalue weighted by molar-refractivity contribution is 0.124. The van der Waals surface area contributed by atoms with Gasteiger partial charge in [0.15, 0.2) is 0 Å². The molecule has 3 nitrogen and oxygen atoms in total. The summed E-state index contributed by atoms with van der Waals surface area (Å²) in [6, 6.07) is 0.590. The predicted octanol–water partition coefficient (Wildman–Crippen LogP) is 3.17. The number of ether oxygens (including phenoxy) is 1. The quantitative estimate of drug-likeness (QED) is 0.653. The normalized spacial score (nSPS) is 13.2. The standard InChI is InChI=1S/C13H23ClN2OS/c1-4-11(2)16(7-8-17-3)6-5-13-15-12(9-14)10-18-13/h10-11H,4-9H2,1-3H3. The molecule has 0 spiro atoms. The highest BCUT2D eigenvalue weighted by molar-refractivity contribution is 7.09. The molecule has 5 heteroatoms. The molecular formula is C13H23ClN2OS. The zero-order valence-corrected chi connectivity index (χ0v) is 13.1. The van der Waals surface area contributed by atoms with Crippen LogP contribution in [0.15, 0.2) is 5.38 Å². The maximum absolute atomic E-state index is 5.76. The Hall–Kier alpha value is -0.160. The smallest absolute Gasteiger partial charge is 0.0941 e. The van der Waals surface area contributed by atoms with Crippen molar-refractivity contribution in [3.63, 3.8) is 0 Å². The zero-order chi connectivity index (χ0) is 13.4. The number of nitrogens with zero attached hydrogens (tertiary/aromatic N) is 2. The number of hydrogen-bond donors (Lipinski definition) is 0. The van der Waals surface area contributed by atoms with Gasteiger partial charge in [0.05, 0.1) is 23.2 Å². The fraction of sp³-hybridized carbons (Fsp3) is 0.769. The zero-order valence-electron chi connectivity index (χ0n) is 11.5. The van der Waals surface area contributed by atoms with Crippen LogP contribution in [-0.4, -0.2) is 42.7 Å². The minimum atomic E-state index is 0.509. The third kappa shape index (κ3) is 5.22. The molecule has 1 heterocycles. The molecule has 0 radical (unpaired) electrons. The Kier molecular flexibility index (Phi) is 7.82. The highest BCUT2D eigenvalue weighted by atomic mass is 35.5. The lowest BCUT2D eigenvalue weighted by atomic mass is 10.2. The maximum Gasteiger partial charge on any atom is 0.0941 e. The molecule has 0 fully saturated rings. The summed E-state index contributed by atoms with van der Waals surface area (Å²) >= 11 is 7.47. The van der Waals surface area contributed by atoms with E-state index in [0.29, 0.717) is 11.9 Å². The predicted molar refractivity (Wildman–Crippen MR) is 78.6 cm³/mol. The number of rotatable bonds is 9. The molecule has 104 valence electrons. The third-order valence-electron chi connectivity index (χ3n) is 3.15.